The van der Waals surface area contributed by atoms with Crippen molar-refractivity contribution in [2.45, 2.75) is 19.8 Å². The van der Waals surface area contributed by atoms with Crippen LogP contribution in [0.15, 0.2) is 18.2 Å². The molecule has 0 spiro atoms. The second-order valence-corrected chi connectivity index (χ2v) is 5.97. The molecule has 0 aromatic heterocycles. The molecular formula is C12H17NO4S. The Balaban J connectivity index is 2.10. The molecule has 0 saturated carbocycles. The third-order valence-electron chi connectivity index (χ3n) is 2.58. The average Bonchev–Trinajstić information content (AvgIpc) is 2.36. The van der Waals surface area contributed by atoms with Gasteiger partial charge in [0.1, 0.15) is 13.2 Å². The van der Waals surface area contributed by atoms with E-state index in [0.29, 0.717) is 36.8 Å². The van der Waals surface area contributed by atoms with E-state index in [1.165, 1.54) is 0 Å². The van der Waals surface area contributed by atoms with Crippen LogP contribution in [0.3, 0.4) is 0 Å². The summed E-state index contributed by atoms with van der Waals surface area (Å²) in [5, 5.41) is 0. The fourth-order valence-corrected chi connectivity index (χ4v) is 2.93. The van der Waals surface area contributed by atoms with E-state index in [2.05, 4.69) is 4.72 Å². The van der Waals surface area contributed by atoms with Crippen molar-refractivity contribution in [3.05, 3.63) is 18.2 Å². The van der Waals surface area contributed by atoms with Gasteiger partial charge in [-0.3, -0.25) is 4.72 Å². The number of unbranched alkanes of at least 4 members (excludes halogenated alkanes) is 1. The first-order chi connectivity index (χ1) is 8.61. The van der Waals surface area contributed by atoms with E-state index in [4.69, 9.17) is 9.47 Å². The molecule has 1 heterocycles. The summed E-state index contributed by atoms with van der Waals surface area (Å²) in [6.07, 6.45) is 1.50. The summed E-state index contributed by atoms with van der Waals surface area (Å²) in [5.74, 6) is 1.37. The van der Waals surface area contributed by atoms with Crippen LogP contribution in [0.5, 0.6) is 11.5 Å². The van der Waals surface area contributed by atoms with Gasteiger partial charge in [-0.2, -0.15) is 0 Å². The van der Waals surface area contributed by atoms with Crippen LogP contribution in [0.25, 0.3) is 0 Å². The number of rotatable bonds is 5. The molecule has 1 aromatic rings. The van der Waals surface area contributed by atoms with Crippen molar-refractivity contribution in [2.75, 3.05) is 23.7 Å². The van der Waals surface area contributed by atoms with Gasteiger partial charge in [0.05, 0.1) is 11.4 Å². The molecule has 2 rings (SSSR count). The van der Waals surface area contributed by atoms with Crippen LogP contribution in [0.4, 0.5) is 5.69 Å². The SMILES string of the molecule is CCCCS(=O)(=O)Nc1ccc2c(c1)OCCO2. The molecule has 1 aliphatic rings. The zero-order valence-corrected chi connectivity index (χ0v) is 11.1. The number of nitrogens with one attached hydrogen (secondary N) is 1. The van der Waals surface area contributed by atoms with Crippen LogP contribution >= 0.6 is 0 Å². The number of fused-ring (bicyclic) bond motifs is 1. The van der Waals surface area contributed by atoms with Gasteiger partial charge in [0, 0.05) is 6.07 Å². The van der Waals surface area contributed by atoms with E-state index in [1.807, 2.05) is 6.92 Å². The van der Waals surface area contributed by atoms with Crippen molar-refractivity contribution in [1.29, 1.82) is 0 Å². The largest absolute Gasteiger partial charge is 0.486 e. The summed E-state index contributed by atoms with van der Waals surface area (Å²) >= 11 is 0. The van der Waals surface area contributed by atoms with Gasteiger partial charge in [0.25, 0.3) is 0 Å². The monoisotopic (exact) mass is 271 g/mol. The molecule has 100 valence electrons. The number of ether oxygens (including phenoxy) is 2. The number of benzene rings is 1. The summed E-state index contributed by atoms with van der Waals surface area (Å²) in [5.41, 5.74) is 0.510. The van der Waals surface area contributed by atoms with Gasteiger partial charge in [0.15, 0.2) is 11.5 Å². The fraction of sp³-hybridized carbons (Fsp3) is 0.500. The lowest BCUT2D eigenvalue weighted by atomic mass is 10.3. The van der Waals surface area contributed by atoms with E-state index >= 15 is 0 Å². The van der Waals surface area contributed by atoms with Gasteiger partial charge >= 0.3 is 0 Å². The number of sulfonamides is 1. The Morgan fingerprint density at radius 1 is 1.22 bits per heavy atom. The summed E-state index contributed by atoms with van der Waals surface area (Å²) < 4.78 is 36.8. The third-order valence-corrected chi connectivity index (χ3v) is 3.95. The zero-order valence-electron chi connectivity index (χ0n) is 10.3. The minimum atomic E-state index is -3.27. The van der Waals surface area contributed by atoms with Crippen molar-refractivity contribution >= 4 is 15.7 Å². The molecule has 0 atom stereocenters. The third kappa shape index (κ3) is 3.29. The van der Waals surface area contributed by atoms with Crippen molar-refractivity contribution in [1.82, 2.24) is 0 Å². The molecule has 0 bridgehead atoms. The minimum Gasteiger partial charge on any atom is -0.486 e. The van der Waals surface area contributed by atoms with Gasteiger partial charge in [-0.15, -0.1) is 0 Å². The highest BCUT2D eigenvalue weighted by molar-refractivity contribution is 7.92. The van der Waals surface area contributed by atoms with Crippen LogP contribution in [0.1, 0.15) is 19.8 Å². The molecule has 6 heteroatoms. The maximum atomic E-state index is 11.7. The molecule has 0 fully saturated rings. The normalized spacial score (nSPS) is 14.3. The smallest absolute Gasteiger partial charge is 0.232 e. The Hall–Kier alpha value is -1.43. The van der Waals surface area contributed by atoms with Gasteiger partial charge in [0.2, 0.25) is 10.0 Å². The predicted octanol–water partition coefficient (Wildman–Crippen LogP) is 2.00. The Kier molecular flexibility index (Phi) is 3.96. The first-order valence-electron chi connectivity index (χ1n) is 6.01. The Morgan fingerprint density at radius 2 is 1.94 bits per heavy atom. The zero-order chi connectivity index (χ0) is 13.0. The number of hydrogen-bond acceptors (Lipinski definition) is 4. The first-order valence-corrected chi connectivity index (χ1v) is 7.66. The molecule has 0 radical (unpaired) electrons. The van der Waals surface area contributed by atoms with Crippen LogP contribution in [0.2, 0.25) is 0 Å². The molecule has 1 aliphatic heterocycles. The highest BCUT2D eigenvalue weighted by Crippen LogP contribution is 2.32. The number of hydrogen-bond donors (Lipinski definition) is 1. The van der Waals surface area contributed by atoms with Crippen molar-refractivity contribution in [3.63, 3.8) is 0 Å². The second-order valence-electron chi connectivity index (χ2n) is 4.13. The lowest BCUT2D eigenvalue weighted by Gasteiger charge is -2.19. The van der Waals surface area contributed by atoms with Gasteiger partial charge in [-0.05, 0) is 18.6 Å². The van der Waals surface area contributed by atoms with Crippen molar-refractivity contribution in [3.8, 4) is 11.5 Å². The second kappa shape index (κ2) is 5.48. The molecule has 0 amide bonds. The topological polar surface area (TPSA) is 64.6 Å². The Labute approximate surface area is 107 Å². The van der Waals surface area contributed by atoms with Crippen LogP contribution in [0, 0.1) is 0 Å². The molecule has 18 heavy (non-hydrogen) atoms. The van der Waals surface area contributed by atoms with Crippen molar-refractivity contribution in [2.24, 2.45) is 0 Å². The lowest BCUT2D eigenvalue weighted by Crippen LogP contribution is -2.18. The lowest BCUT2D eigenvalue weighted by molar-refractivity contribution is 0.171. The maximum Gasteiger partial charge on any atom is 0.232 e. The molecule has 0 aliphatic carbocycles. The molecule has 0 saturated heterocycles. The van der Waals surface area contributed by atoms with Gasteiger partial charge in [-0.25, -0.2) is 8.42 Å². The summed E-state index contributed by atoms with van der Waals surface area (Å²) in [7, 11) is -3.27. The van der Waals surface area contributed by atoms with E-state index in [1.54, 1.807) is 18.2 Å². The van der Waals surface area contributed by atoms with Gasteiger partial charge in [-0.1, -0.05) is 13.3 Å². The van der Waals surface area contributed by atoms with Crippen LogP contribution in [-0.2, 0) is 10.0 Å². The molecular weight excluding hydrogens is 254 g/mol. The highest BCUT2D eigenvalue weighted by atomic mass is 32.2. The molecule has 0 unspecified atom stereocenters. The van der Waals surface area contributed by atoms with E-state index in [0.717, 1.165) is 6.42 Å². The summed E-state index contributed by atoms with van der Waals surface area (Å²) in [6, 6.07) is 5.04. The quantitative estimate of drug-likeness (QED) is 0.889. The van der Waals surface area contributed by atoms with E-state index in [-0.39, 0.29) is 5.75 Å². The van der Waals surface area contributed by atoms with E-state index in [9.17, 15) is 8.42 Å². The maximum absolute atomic E-state index is 11.7. The predicted molar refractivity (Wildman–Crippen MR) is 69.7 cm³/mol. The average molecular weight is 271 g/mol. The standard InChI is InChI=1S/C12H17NO4S/c1-2-3-8-18(14,15)13-10-4-5-11-12(9-10)17-7-6-16-11/h4-5,9,13H,2-3,6-8H2,1H3. The first kappa shape index (κ1) is 13.0. The summed E-state index contributed by atoms with van der Waals surface area (Å²) in [4.78, 5) is 0. The number of anilines is 1. The van der Waals surface area contributed by atoms with Crippen LogP contribution < -0.4 is 14.2 Å². The molecule has 5 nitrogen and oxygen atoms in total. The fourth-order valence-electron chi connectivity index (χ4n) is 1.67. The van der Waals surface area contributed by atoms with Gasteiger partial charge < -0.3 is 9.47 Å². The molecule has 1 aromatic carbocycles. The highest BCUT2D eigenvalue weighted by Gasteiger charge is 2.14. The summed E-state index contributed by atoms with van der Waals surface area (Å²) in [6.45, 7) is 2.97. The Bertz CT molecular complexity index is 513. The molecule has 1 N–H and O–H groups in total. The van der Waals surface area contributed by atoms with Crippen molar-refractivity contribution < 1.29 is 17.9 Å². The minimum absolute atomic E-state index is 0.137. The Morgan fingerprint density at radius 3 is 2.67 bits per heavy atom. The van der Waals surface area contributed by atoms with E-state index < -0.39 is 10.0 Å². The van der Waals surface area contributed by atoms with Crippen LogP contribution in [-0.4, -0.2) is 27.4 Å².